The number of ether oxygens (including phenoxy) is 1. The van der Waals surface area contributed by atoms with E-state index in [9.17, 15) is 14.4 Å². The number of benzene rings is 5. The van der Waals surface area contributed by atoms with E-state index in [4.69, 9.17) is 39.5 Å². The number of aromatic nitrogens is 2. The van der Waals surface area contributed by atoms with Crippen LogP contribution in [0.3, 0.4) is 0 Å². The lowest BCUT2D eigenvalue weighted by Gasteiger charge is -2.30. The molecule has 0 bridgehead atoms. The SMILES string of the molecule is CCC(C)(C)c1ccc(OCC(=O)Nc2cccc(C(=O)Nc3[nH]n(-c4c(Cl)cc(Cl)cc4Cl)c(=O)c3N=Nc3ccc(Sc4ccc(C)cc4)cc3)c2)c(C(C)(C)CC)c1. The Kier molecular flexibility index (Phi) is 14.2. The van der Waals surface area contributed by atoms with Crippen LogP contribution in [0.1, 0.15) is 81.4 Å². The molecule has 0 aliphatic rings. The summed E-state index contributed by atoms with van der Waals surface area (Å²) in [4.78, 5) is 43.0. The molecule has 61 heavy (non-hydrogen) atoms. The molecule has 6 rings (SSSR count). The van der Waals surface area contributed by atoms with Crippen LogP contribution in [0, 0.1) is 6.92 Å². The summed E-state index contributed by atoms with van der Waals surface area (Å²) in [6, 6.07) is 31.0. The number of nitrogens with one attached hydrogen (secondary N) is 3. The highest BCUT2D eigenvalue weighted by atomic mass is 35.5. The van der Waals surface area contributed by atoms with E-state index in [1.165, 1.54) is 29.3 Å². The van der Waals surface area contributed by atoms with Gasteiger partial charge in [0.1, 0.15) is 11.4 Å². The quantitative estimate of drug-likeness (QED) is 0.0884. The number of aryl methyl sites for hydroxylation is 1. The number of azo groups is 1. The summed E-state index contributed by atoms with van der Waals surface area (Å²) in [7, 11) is 0. The maximum absolute atomic E-state index is 13.9. The first-order valence-corrected chi connectivity index (χ1v) is 21.7. The summed E-state index contributed by atoms with van der Waals surface area (Å²) in [5.74, 6) is -0.438. The number of H-pyrrole nitrogens is 1. The highest BCUT2D eigenvalue weighted by Gasteiger charge is 2.27. The van der Waals surface area contributed by atoms with Gasteiger partial charge in [0.15, 0.2) is 18.1 Å². The molecule has 0 saturated carbocycles. The largest absolute Gasteiger partial charge is 0.483 e. The highest BCUT2D eigenvalue weighted by Crippen LogP contribution is 2.39. The van der Waals surface area contributed by atoms with Gasteiger partial charge in [-0.15, -0.1) is 5.11 Å². The van der Waals surface area contributed by atoms with Crippen LogP contribution in [0.25, 0.3) is 5.69 Å². The molecular formula is C47H47Cl3N6O4S. The van der Waals surface area contributed by atoms with Crippen molar-refractivity contribution in [3.8, 4) is 11.4 Å². The fourth-order valence-electron chi connectivity index (χ4n) is 6.21. The summed E-state index contributed by atoms with van der Waals surface area (Å²) in [6.07, 6.45) is 1.86. The van der Waals surface area contributed by atoms with Crippen LogP contribution in [0.15, 0.2) is 128 Å². The molecule has 3 N–H and O–H groups in total. The van der Waals surface area contributed by atoms with Gasteiger partial charge in [-0.1, -0.05) is 124 Å². The zero-order chi connectivity index (χ0) is 44.1. The molecule has 6 aromatic rings. The molecule has 0 spiro atoms. The van der Waals surface area contributed by atoms with Gasteiger partial charge in [-0.25, -0.2) is 4.68 Å². The number of aromatic amines is 1. The predicted octanol–water partition coefficient (Wildman–Crippen LogP) is 13.6. The van der Waals surface area contributed by atoms with Crippen LogP contribution in [0.5, 0.6) is 5.75 Å². The summed E-state index contributed by atoms with van der Waals surface area (Å²) >= 11 is 20.8. The van der Waals surface area contributed by atoms with Crippen LogP contribution in [0.4, 0.5) is 22.9 Å². The lowest BCUT2D eigenvalue weighted by atomic mass is 9.76. The number of carbonyl (C=O) groups is 2. The number of nitrogens with zero attached hydrogens (tertiary/aromatic N) is 3. The highest BCUT2D eigenvalue weighted by molar-refractivity contribution is 7.99. The van der Waals surface area contributed by atoms with Gasteiger partial charge >= 0.3 is 5.56 Å². The van der Waals surface area contributed by atoms with Crippen molar-refractivity contribution in [2.24, 2.45) is 10.2 Å². The smallest absolute Gasteiger partial charge is 0.301 e. The monoisotopic (exact) mass is 896 g/mol. The van der Waals surface area contributed by atoms with Gasteiger partial charge in [0, 0.05) is 31.6 Å². The second kappa shape index (κ2) is 19.2. The fraction of sp³-hybridized carbons (Fsp3) is 0.255. The summed E-state index contributed by atoms with van der Waals surface area (Å²) in [5, 5.41) is 17.5. The van der Waals surface area contributed by atoms with Gasteiger partial charge in [-0.3, -0.25) is 19.5 Å². The lowest BCUT2D eigenvalue weighted by Crippen LogP contribution is -2.24. The Balaban J connectivity index is 1.21. The Morgan fingerprint density at radius 3 is 2.07 bits per heavy atom. The van der Waals surface area contributed by atoms with Crippen molar-refractivity contribution in [3.05, 3.63) is 151 Å². The standard InChI is InChI=1S/C47H47Cl3N6O4S/c1-8-46(4,5)30-15-22-39(36(24-30)47(6,7)9-2)60-27-40(57)51-33-12-10-11-29(23-33)44(58)52-43-41(45(59)56(55-43)42-37(49)25-31(48)26-38(42)50)54-53-32-16-20-35(21-17-32)61-34-18-13-28(3)14-19-34/h10-26,55H,8-9,27H2,1-7H3,(H,51,57)(H,52,58). The van der Waals surface area contributed by atoms with Gasteiger partial charge in [0.05, 0.1) is 15.7 Å². The van der Waals surface area contributed by atoms with Crippen molar-refractivity contribution in [3.63, 3.8) is 0 Å². The Bertz CT molecular complexity index is 2630. The first kappa shape index (κ1) is 45.2. The average molecular weight is 898 g/mol. The number of amides is 2. The van der Waals surface area contributed by atoms with Crippen LogP contribution < -0.4 is 20.9 Å². The van der Waals surface area contributed by atoms with E-state index >= 15 is 0 Å². The third-order valence-electron chi connectivity index (χ3n) is 10.7. The second-order valence-corrected chi connectivity index (χ2v) is 18.3. The third-order valence-corrected chi connectivity index (χ3v) is 12.5. The van der Waals surface area contributed by atoms with Gasteiger partial charge in [0.2, 0.25) is 0 Å². The lowest BCUT2D eigenvalue weighted by molar-refractivity contribution is -0.118. The third kappa shape index (κ3) is 11.0. The molecule has 0 radical (unpaired) electrons. The number of halogens is 3. The number of rotatable bonds is 15. The number of hydrogen-bond acceptors (Lipinski definition) is 7. The molecule has 2 amide bonds. The Morgan fingerprint density at radius 2 is 1.43 bits per heavy atom. The van der Waals surface area contributed by atoms with Crippen molar-refractivity contribution >= 4 is 81.3 Å². The molecule has 0 saturated heterocycles. The average Bonchev–Trinajstić information content (AvgIpc) is 3.53. The second-order valence-electron chi connectivity index (χ2n) is 15.9. The molecule has 316 valence electrons. The van der Waals surface area contributed by atoms with E-state index in [-0.39, 0.29) is 55.3 Å². The van der Waals surface area contributed by atoms with Gasteiger partial charge < -0.3 is 15.4 Å². The molecule has 0 atom stereocenters. The minimum atomic E-state index is -0.688. The van der Waals surface area contributed by atoms with Crippen LogP contribution >= 0.6 is 46.6 Å². The molecule has 14 heteroatoms. The van der Waals surface area contributed by atoms with Crippen molar-refractivity contribution in [2.75, 3.05) is 17.2 Å². The van der Waals surface area contributed by atoms with E-state index < -0.39 is 17.4 Å². The topological polar surface area (TPSA) is 130 Å². The molecule has 10 nitrogen and oxygen atoms in total. The molecule has 1 heterocycles. The number of carbonyl (C=O) groups excluding carboxylic acids is 2. The zero-order valence-corrected chi connectivity index (χ0v) is 38.0. The maximum atomic E-state index is 13.9. The molecule has 5 aromatic carbocycles. The van der Waals surface area contributed by atoms with Crippen molar-refractivity contribution in [1.82, 2.24) is 9.78 Å². The normalized spacial score (nSPS) is 11.8. The van der Waals surface area contributed by atoms with E-state index in [1.54, 1.807) is 42.1 Å². The van der Waals surface area contributed by atoms with Crippen LogP contribution in [0.2, 0.25) is 15.1 Å². The van der Waals surface area contributed by atoms with Gasteiger partial charge in [-0.2, -0.15) is 5.11 Å². The molecular weight excluding hydrogens is 851 g/mol. The van der Waals surface area contributed by atoms with Crippen molar-refractivity contribution < 1.29 is 14.3 Å². The minimum Gasteiger partial charge on any atom is -0.483 e. The van der Waals surface area contributed by atoms with E-state index in [1.807, 2.05) is 25.1 Å². The summed E-state index contributed by atoms with van der Waals surface area (Å²) in [5.41, 5.74) is 3.45. The van der Waals surface area contributed by atoms with E-state index in [0.29, 0.717) is 17.1 Å². The summed E-state index contributed by atoms with van der Waals surface area (Å²) in [6.45, 7) is 14.9. The molecule has 0 aliphatic carbocycles. The molecule has 0 fully saturated rings. The predicted molar refractivity (Wildman–Crippen MR) is 249 cm³/mol. The van der Waals surface area contributed by atoms with Crippen molar-refractivity contribution in [1.29, 1.82) is 0 Å². The Labute approximate surface area is 375 Å². The van der Waals surface area contributed by atoms with Gasteiger partial charge in [-0.05, 0) is 109 Å². The minimum absolute atomic E-state index is 0.0102. The first-order chi connectivity index (χ1) is 29.0. The van der Waals surface area contributed by atoms with Crippen LogP contribution in [-0.2, 0) is 15.6 Å². The van der Waals surface area contributed by atoms with Crippen molar-refractivity contribution in [2.45, 2.75) is 81.9 Å². The Morgan fingerprint density at radius 1 is 0.787 bits per heavy atom. The van der Waals surface area contributed by atoms with E-state index in [2.05, 4.69) is 104 Å². The summed E-state index contributed by atoms with van der Waals surface area (Å²) < 4.78 is 7.18. The van der Waals surface area contributed by atoms with Gasteiger partial charge in [0.25, 0.3) is 11.8 Å². The first-order valence-electron chi connectivity index (χ1n) is 19.7. The van der Waals surface area contributed by atoms with E-state index in [0.717, 1.165) is 32.9 Å². The van der Waals surface area contributed by atoms with Crippen LogP contribution in [-0.4, -0.2) is 28.2 Å². The zero-order valence-electron chi connectivity index (χ0n) is 35.0. The Hall–Kier alpha value is -5.33. The number of hydrogen-bond donors (Lipinski definition) is 3. The molecule has 0 aliphatic heterocycles. The number of anilines is 2. The molecule has 1 aromatic heterocycles. The molecule has 0 unspecified atom stereocenters. The maximum Gasteiger partial charge on any atom is 0.301 e. The fourth-order valence-corrected chi connectivity index (χ4v) is 8.01.